The minimum atomic E-state index is -0.0698. The van der Waals surface area contributed by atoms with E-state index in [4.69, 9.17) is 0 Å². The Balaban J connectivity index is 1.51. The quantitative estimate of drug-likeness (QED) is 0.723. The molecule has 0 radical (unpaired) electrons. The first-order valence-electron chi connectivity index (χ1n) is 8.85. The van der Waals surface area contributed by atoms with Crippen molar-refractivity contribution >= 4 is 17.2 Å². The molecule has 0 bridgehead atoms. The van der Waals surface area contributed by atoms with Gasteiger partial charge in [0.15, 0.2) is 0 Å². The Morgan fingerprint density at radius 1 is 1.31 bits per heavy atom. The Morgan fingerprint density at radius 3 is 2.81 bits per heavy atom. The van der Waals surface area contributed by atoms with Crippen LogP contribution in [0.2, 0.25) is 0 Å². The molecule has 3 heterocycles. The molecule has 1 aromatic carbocycles. The normalized spacial score (nSPS) is 16.6. The number of hydrogen-bond acceptors (Lipinski definition) is 4. The molecule has 1 aliphatic heterocycles. The van der Waals surface area contributed by atoms with Crippen molar-refractivity contribution < 1.29 is 4.79 Å². The molecule has 0 fully saturated rings. The Bertz CT molecular complexity index is 897. The summed E-state index contributed by atoms with van der Waals surface area (Å²) in [6.45, 7) is 5.65. The van der Waals surface area contributed by atoms with Gasteiger partial charge >= 0.3 is 0 Å². The van der Waals surface area contributed by atoms with Crippen molar-refractivity contribution in [3.63, 3.8) is 0 Å². The van der Waals surface area contributed by atoms with Crippen LogP contribution in [0.3, 0.4) is 0 Å². The number of nitrogens with one attached hydrogen (secondary N) is 2. The van der Waals surface area contributed by atoms with Crippen molar-refractivity contribution in [1.82, 2.24) is 20.4 Å². The Kier molecular flexibility index (Phi) is 4.61. The number of fused-ring (bicyclic) bond motifs is 1. The number of hydrogen-bond donors (Lipinski definition) is 2. The van der Waals surface area contributed by atoms with Gasteiger partial charge in [-0.1, -0.05) is 44.2 Å². The molecule has 4 rings (SSSR count). The fourth-order valence-electron chi connectivity index (χ4n) is 3.13. The Morgan fingerprint density at radius 2 is 2.12 bits per heavy atom. The number of carbonyl (C=O) groups excluding carboxylic acids is 1. The van der Waals surface area contributed by atoms with Crippen molar-refractivity contribution in [3.8, 4) is 10.6 Å². The molecular formula is C20H22N4OS. The van der Waals surface area contributed by atoms with E-state index < -0.39 is 0 Å². The van der Waals surface area contributed by atoms with Crippen LogP contribution in [0.25, 0.3) is 10.6 Å². The highest BCUT2D eigenvalue weighted by Gasteiger charge is 2.27. The third kappa shape index (κ3) is 3.30. The SMILES string of the molecule is CC(C)c1ccc(CN[C@@H]2CNC(=O)c3cc(-c4cccs4)nn32)cc1. The second-order valence-corrected chi connectivity index (χ2v) is 7.79. The van der Waals surface area contributed by atoms with Gasteiger partial charge in [0.1, 0.15) is 17.6 Å². The van der Waals surface area contributed by atoms with Crippen molar-refractivity contribution in [2.24, 2.45) is 0 Å². The third-order valence-corrected chi connectivity index (χ3v) is 5.57. The first-order valence-corrected chi connectivity index (χ1v) is 9.73. The lowest BCUT2D eigenvalue weighted by molar-refractivity contribution is 0.0900. The van der Waals surface area contributed by atoms with Gasteiger partial charge in [-0.3, -0.25) is 10.1 Å². The number of thiophene rings is 1. The summed E-state index contributed by atoms with van der Waals surface area (Å²) in [5.74, 6) is 0.465. The zero-order valence-electron chi connectivity index (χ0n) is 14.9. The van der Waals surface area contributed by atoms with Crippen LogP contribution in [-0.2, 0) is 6.54 Å². The first kappa shape index (κ1) is 17.0. The predicted molar refractivity (Wildman–Crippen MR) is 104 cm³/mol. The summed E-state index contributed by atoms with van der Waals surface area (Å²) in [7, 11) is 0. The number of rotatable bonds is 5. The molecule has 3 aromatic rings. The minimum Gasteiger partial charge on any atom is -0.347 e. The summed E-state index contributed by atoms with van der Waals surface area (Å²) in [6, 6.07) is 14.6. The summed E-state index contributed by atoms with van der Waals surface area (Å²) in [4.78, 5) is 13.3. The monoisotopic (exact) mass is 366 g/mol. The van der Waals surface area contributed by atoms with E-state index in [1.54, 1.807) is 11.3 Å². The molecule has 5 nitrogen and oxygen atoms in total. The summed E-state index contributed by atoms with van der Waals surface area (Å²) in [6.07, 6.45) is -0.0545. The highest BCUT2D eigenvalue weighted by molar-refractivity contribution is 7.13. The molecule has 0 spiro atoms. The van der Waals surface area contributed by atoms with Crippen molar-refractivity contribution in [2.45, 2.75) is 32.5 Å². The Hall–Kier alpha value is -2.44. The van der Waals surface area contributed by atoms with E-state index in [1.165, 1.54) is 11.1 Å². The molecule has 2 aromatic heterocycles. The van der Waals surface area contributed by atoms with Gasteiger partial charge in [-0.2, -0.15) is 5.10 Å². The van der Waals surface area contributed by atoms with Crippen LogP contribution in [0, 0.1) is 0 Å². The first-order chi connectivity index (χ1) is 12.6. The molecule has 2 N–H and O–H groups in total. The Labute approximate surface area is 157 Å². The maximum absolute atomic E-state index is 12.2. The maximum Gasteiger partial charge on any atom is 0.269 e. The van der Waals surface area contributed by atoms with Gasteiger partial charge in [-0.05, 0) is 34.6 Å². The largest absolute Gasteiger partial charge is 0.347 e. The number of nitrogens with zero attached hydrogens (tertiary/aromatic N) is 2. The molecule has 134 valence electrons. The van der Waals surface area contributed by atoms with Crippen molar-refractivity contribution in [1.29, 1.82) is 0 Å². The van der Waals surface area contributed by atoms with Crippen LogP contribution in [0.1, 0.15) is 47.5 Å². The van der Waals surface area contributed by atoms with Gasteiger partial charge in [-0.15, -0.1) is 11.3 Å². The molecule has 0 unspecified atom stereocenters. The summed E-state index contributed by atoms with van der Waals surface area (Å²) in [5.41, 5.74) is 4.01. The lowest BCUT2D eigenvalue weighted by Gasteiger charge is -2.25. The van der Waals surface area contributed by atoms with Gasteiger partial charge in [0.05, 0.1) is 11.4 Å². The lowest BCUT2D eigenvalue weighted by Crippen LogP contribution is -2.45. The highest BCUT2D eigenvalue weighted by atomic mass is 32.1. The van der Waals surface area contributed by atoms with Crippen molar-refractivity contribution in [2.75, 3.05) is 6.54 Å². The number of benzene rings is 1. The van der Waals surface area contributed by atoms with E-state index in [-0.39, 0.29) is 12.1 Å². The fraction of sp³-hybridized carbons (Fsp3) is 0.300. The zero-order valence-corrected chi connectivity index (χ0v) is 15.7. The van der Waals surface area contributed by atoms with Gasteiger partial charge in [0.25, 0.3) is 5.91 Å². The van der Waals surface area contributed by atoms with E-state index in [1.807, 2.05) is 28.3 Å². The molecule has 6 heteroatoms. The van der Waals surface area contributed by atoms with E-state index in [2.05, 4.69) is 53.8 Å². The third-order valence-electron chi connectivity index (χ3n) is 4.68. The number of carbonyl (C=O) groups is 1. The minimum absolute atomic E-state index is 0.0545. The second-order valence-electron chi connectivity index (χ2n) is 6.84. The van der Waals surface area contributed by atoms with Gasteiger partial charge in [0.2, 0.25) is 0 Å². The summed E-state index contributed by atoms with van der Waals surface area (Å²) < 4.78 is 1.82. The number of amides is 1. The van der Waals surface area contributed by atoms with Crippen LogP contribution < -0.4 is 10.6 Å². The topological polar surface area (TPSA) is 58.9 Å². The maximum atomic E-state index is 12.2. The average molecular weight is 366 g/mol. The molecule has 0 saturated carbocycles. The smallest absolute Gasteiger partial charge is 0.269 e. The van der Waals surface area contributed by atoms with Crippen LogP contribution in [-0.4, -0.2) is 22.2 Å². The van der Waals surface area contributed by atoms with Crippen LogP contribution in [0.4, 0.5) is 0 Å². The van der Waals surface area contributed by atoms with Gasteiger partial charge < -0.3 is 5.32 Å². The van der Waals surface area contributed by atoms with Crippen LogP contribution >= 0.6 is 11.3 Å². The van der Waals surface area contributed by atoms with E-state index in [0.717, 1.165) is 17.1 Å². The highest BCUT2D eigenvalue weighted by Crippen LogP contribution is 2.26. The van der Waals surface area contributed by atoms with Crippen LogP contribution in [0.5, 0.6) is 0 Å². The van der Waals surface area contributed by atoms with E-state index in [0.29, 0.717) is 18.2 Å². The molecule has 1 atom stereocenters. The fourth-order valence-corrected chi connectivity index (χ4v) is 3.81. The summed E-state index contributed by atoms with van der Waals surface area (Å²) in [5, 5.41) is 13.2. The molecule has 26 heavy (non-hydrogen) atoms. The lowest BCUT2D eigenvalue weighted by atomic mass is 10.0. The second kappa shape index (κ2) is 7.05. The number of aromatic nitrogens is 2. The molecule has 0 aliphatic carbocycles. The molecular weight excluding hydrogens is 344 g/mol. The molecule has 0 saturated heterocycles. The summed E-state index contributed by atoms with van der Waals surface area (Å²) >= 11 is 1.63. The van der Waals surface area contributed by atoms with Gasteiger partial charge in [0, 0.05) is 6.54 Å². The van der Waals surface area contributed by atoms with Crippen LogP contribution in [0.15, 0.2) is 47.8 Å². The standard InChI is InChI=1S/C20H22N4OS/c1-13(2)15-7-5-14(6-8-15)11-21-19-12-22-20(25)17-10-16(23-24(17)19)18-4-3-9-26-18/h3-10,13,19,21H,11-12H2,1-2H3,(H,22,25)/t19-/m0/s1. The van der Waals surface area contributed by atoms with Gasteiger partial charge in [-0.25, -0.2) is 4.68 Å². The molecule has 1 amide bonds. The average Bonchev–Trinajstić information content (AvgIpc) is 3.31. The van der Waals surface area contributed by atoms with Crippen molar-refractivity contribution in [3.05, 3.63) is 64.7 Å². The molecule has 1 aliphatic rings. The van der Waals surface area contributed by atoms with E-state index >= 15 is 0 Å². The van der Waals surface area contributed by atoms with E-state index in [9.17, 15) is 4.79 Å². The zero-order chi connectivity index (χ0) is 18.1. The predicted octanol–water partition coefficient (Wildman–Crippen LogP) is 3.77.